The number of aryl methyl sites for hydroxylation is 2. The first-order chi connectivity index (χ1) is 9.10. The lowest BCUT2D eigenvalue weighted by molar-refractivity contribution is 0.569. The molecule has 100 valence electrons. The van der Waals surface area contributed by atoms with E-state index in [2.05, 4.69) is 10.3 Å². The fourth-order valence-corrected chi connectivity index (χ4v) is 2.04. The maximum Gasteiger partial charge on any atom is 0.126 e. The Balaban J connectivity index is 2.19. The maximum absolute atomic E-state index is 13.6. The molecule has 0 bridgehead atoms. The molecule has 0 amide bonds. The summed E-state index contributed by atoms with van der Waals surface area (Å²) in [6.45, 7) is 3.79. The highest BCUT2D eigenvalue weighted by Gasteiger charge is 2.12. The van der Waals surface area contributed by atoms with Crippen LogP contribution in [0.15, 0.2) is 36.5 Å². The van der Waals surface area contributed by atoms with Gasteiger partial charge in [-0.05, 0) is 49.7 Å². The van der Waals surface area contributed by atoms with E-state index in [4.69, 9.17) is 0 Å². The normalized spacial score (nSPS) is 12.4. The Hall–Kier alpha value is -1.74. The maximum atomic E-state index is 13.6. The van der Waals surface area contributed by atoms with Gasteiger partial charge in [0.05, 0.1) is 0 Å². The molecule has 1 atom stereocenters. The minimum atomic E-state index is -0.158. The highest BCUT2D eigenvalue weighted by Crippen LogP contribution is 2.19. The van der Waals surface area contributed by atoms with Crippen molar-refractivity contribution in [1.29, 1.82) is 0 Å². The van der Waals surface area contributed by atoms with E-state index in [1.807, 2.05) is 44.4 Å². The predicted octanol–water partition coefficient (Wildman–Crippen LogP) is 3.34. The Labute approximate surface area is 113 Å². The van der Waals surface area contributed by atoms with Crippen molar-refractivity contribution in [2.75, 3.05) is 7.05 Å². The molecule has 2 rings (SSSR count). The van der Waals surface area contributed by atoms with Gasteiger partial charge >= 0.3 is 0 Å². The van der Waals surface area contributed by atoms with Gasteiger partial charge in [-0.25, -0.2) is 4.39 Å². The molecule has 0 fully saturated rings. The summed E-state index contributed by atoms with van der Waals surface area (Å²) in [6.07, 6.45) is 2.61. The van der Waals surface area contributed by atoms with Crippen molar-refractivity contribution in [1.82, 2.24) is 10.3 Å². The lowest BCUT2D eigenvalue weighted by atomic mass is 10.00. The number of rotatable bonds is 4. The lowest BCUT2D eigenvalue weighted by Crippen LogP contribution is -2.19. The smallest absolute Gasteiger partial charge is 0.126 e. The fourth-order valence-electron chi connectivity index (χ4n) is 2.04. The highest BCUT2D eigenvalue weighted by molar-refractivity contribution is 5.27. The number of benzene rings is 1. The molecular weight excluding hydrogens is 239 g/mol. The van der Waals surface area contributed by atoms with E-state index in [-0.39, 0.29) is 11.9 Å². The Kier molecular flexibility index (Phi) is 4.27. The molecule has 0 aliphatic heterocycles. The monoisotopic (exact) mass is 258 g/mol. The molecule has 1 heterocycles. The molecule has 19 heavy (non-hydrogen) atoms. The summed E-state index contributed by atoms with van der Waals surface area (Å²) in [4.78, 5) is 4.40. The zero-order valence-electron chi connectivity index (χ0n) is 11.6. The SMILES string of the molecule is CNC(Cc1ccc(C)cn1)c1ccc(C)c(F)c1. The fraction of sp³-hybridized carbons (Fsp3) is 0.312. The number of aromatic nitrogens is 1. The molecule has 0 aliphatic rings. The predicted molar refractivity (Wildman–Crippen MR) is 75.6 cm³/mol. The van der Waals surface area contributed by atoms with Crippen LogP contribution in [0.3, 0.4) is 0 Å². The number of pyridine rings is 1. The first kappa shape index (κ1) is 13.7. The second-order valence-corrected chi connectivity index (χ2v) is 4.88. The third-order valence-corrected chi connectivity index (χ3v) is 3.33. The van der Waals surface area contributed by atoms with Crippen LogP contribution in [-0.4, -0.2) is 12.0 Å². The van der Waals surface area contributed by atoms with Gasteiger partial charge in [0.15, 0.2) is 0 Å². The van der Waals surface area contributed by atoms with Crippen molar-refractivity contribution >= 4 is 0 Å². The van der Waals surface area contributed by atoms with E-state index in [0.29, 0.717) is 5.56 Å². The van der Waals surface area contributed by atoms with Crippen molar-refractivity contribution in [3.05, 3.63) is 64.7 Å². The molecule has 2 aromatic rings. The second-order valence-electron chi connectivity index (χ2n) is 4.88. The standard InChI is InChI=1S/C16H19FN2/c1-11-4-7-14(19-10-11)9-16(18-3)13-6-5-12(2)15(17)8-13/h4-8,10,16,18H,9H2,1-3H3. The molecule has 1 aromatic heterocycles. The van der Waals surface area contributed by atoms with Crippen LogP contribution in [-0.2, 0) is 6.42 Å². The van der Waals surface area contributed by atoms with Crippen molar-refractivity contribution in [2.45, 2.75) is 26.3 Å². The van der Waals surface area contributed by atoms with E-state index in [1.165, 1.54) is 0 Å². The average molecular weight is 258 g/mol. The topological polar surface area (TPSA) is 24.9 Å². The molecule has 1 unspecified atom stereocenters. The van der Waals surface area contributed by atoms with Crippen LogP contribution in [0.2, 0.25) is 0 Å². The number of likely N-dealkylation sites (N-methyl/N-ethyl adjacent to an activating group) is 1. The Morgan fingerprint density at radius 2 is 2.00 bits per heavy atom. The number of nitrogens with zero attached hydrogens (tertiary/aromatic N) is 1. The van der Waals surface area contributed by atoms with E-state index >= 15 is 0 Å². The second kappa shape index (κ2) is 5.93. The first-order valence-corrected chi connectivity index (χ1v) is 6.45. The van der Waals surface area contributed by atoms with Gasteiger partial charge in [-0.3, -0.25) is 4.98 Å². The van der Waals surface area contributed by atoms with Crippen LogP contribution in [0.4, 0.5) is 4.39 Å². The Bertz CT molecular complexity index is 549. The van der Waals surface area contributed by atoms with Gasteiger partial charge in [0, 0.05) is 24.4 Å². The quantitative estimate of drug-likeness (QED) is 0.909. The minimum Gasteiger partial charge on any atom is -0.313 e. The van der Waals surface area contributed by atoms with Gasteiger partial charge in [0.1, 0.15) is 5.82 Å². The third-order valence-electron chi connectivity index (χ3n) is 3.33. The van der Waals surface area contributed by atoms with Crippen molar-refractivity contribution in [2.24, 2.45) is 0 Å². The van der Waals surface area contributed by atoms with Crippen LogP contribution in [0.5, 0.6) is 0 Å². The van der Waals surface area contributed by atoms with Crippen LogP contribution >= 0.6 is 0 Å². The summed E-state index contributed by atoms with van der Waals surface area (Å²) in [5, 5.41) is 3.22. The van der Waals surface area contributed by atoms with Crippen LogP contribution in [0, 0.1) is 19.7 Å². The summed E-state index contributed by atoms with van der Waals surface area (Å²) >= 11 is 0. The van der Waals surface area contributed by atoms with E-state index in [1.54, 1.807) is 13.0 Å². The van der Waals surface area contributed by atoms with E-state index in [9.17, 15) is 4.39 Å². The molecule has 0 saturated carbocycles. The molecule has 1 aromatic carbocycles. The third kappa shape index (κ3) is 3.38. The van der Waals surface area contributed by atoms with E-state index in [0.717, 1.165) is 23.2 Å². The number of hydrogen-bond acceptors (Lipinski definition) is 2. The van der Waals surface area contributed by atoms with Crippen LogP contribution < -0.4 is 5.32 Å². The van der Waals surface area contributed by atoms with Crippen molar-refractivity contribution < 1.29 is 4.39 Å². The van der Waals surface area contributed by atoms with Gasteiger partial charge in [-0.2, -0.15) is 0 Å². The molecule has 1 N–H and O–H groups in total. The average Bonchev–Trinajstić information content (AvgIpc) is 2.41. The molecule has 0 saturated heterocycles. The largest absolute Gasteiger partial charge is 0.313 e. The molecule has 2 nitrogen and oxygen atoms in total. The summed E-state index contributed by atoms with van der Waals surface area (Å²) < 4.78 is 13.6. The van der Waals surface area contributed by atoms with Crippen LogP contribution in [0.1, 0.15) is 28.4 Å². The van der Waals surface area contributed by atoms with Gasteiger partial charge in [0.2, 0.25) is 0 Å². The van der Waals surface area contributed by atoms with Gasteiger partial charge in [0.25, 0.3) is 0 Å². The highest BCUT2D eigenvalue weighted by atomic mass is 19.1. The molecule has 0 aliphatic carbocycles. The van der Waals surface area contributed by atoms with Crippen LogP contribution in [0.25, 0.3) is 0 Å². The van der Waals surface area contributed by atoms with Crippen molar-refractivity contribution in [3.63, 3.8) is 0 Å². The number of nitrogens with one attached hydrogen (secondary N) is 1. The van der Waals surface area contributed by atoms with Gasteiger partial charge < -0.3 is 5.32 Å². The van der Waals surface area contributed by atoms with Gasteiger partial charge in [-0.15, -0.1) is 0 Å². The lowest BCUT2D eigenvalue weighted by Gasteiger charge is -2.17. The summed E-state index contributed by atoms with van der Waals surface area (Å²) in [7, 11) is 1.89. The zero-order chi connectivity index (χ0) is 13.8. The summed E-state index contributed by atoms with van der Waals surface area (Å²) in [5.41, 5.74) is 3.78. The van der Waals surface area contributed by atoms with Crippen molar-refractivity contribution in [3.8, 4) is 0 Å². The molecule has 3 heteroatoms. The van der Waals surface area contributed by atoms with E-state index < -0.39 is 0 Å². The van der Waals surface area contributed by atoms with Gasteiger partial charge in [-0.1, -0.05) is 18.2 Å². The molecular formula is C16H19FN2. The first-order valence-electron chi connectivity index (χ1n) is 6.45. The minimum absolute atomic E-state index is 0.0744. The number of hydrogen-bond donors (Lipinski definition) is 1. The summed E-state index contributed by atoms with van der Waals surface area (Å²) in [5.74, 6) is -0.158. The zero-order valence-corrected chi connectivity index (χ0v) is 11.6. The molecule has 0 spiro atoms. The Morgan fingerprint density at radius 1 is 1.21 bits per heavy atom. The summed E-state index contributed by atoms with van der Waals surface area (Å²) in [6, 6.07) is 9.52. The number of halogens is 1. The molecule has 0 radical (unpaired) electrons. The Morgan fingerprint density at radius 3 is 2.58 bits per heavy atom.